The number of rotatable bonds is 9. The molecule has 1 aromatic rings. The second kappa shape index (κ2) is 7.88. The second-order valence-electron chi connectivity index (χ2n) is 4.41. The first-order chi connectivity index (χ1) is 10.3. The third-order valence-electron chi connectivity index (χ3n) is 2.72. The topological polar surface area (TPSA) is 142 Å². The fourth-order valence-electron chi connectivity index (χ4n) is 1.79. The molecular formula is C12H14N2O8. The van der Waals surface area contributed by atoms with Crippen molar-refractivity contribution in [2.24, 2.45) is 0 Å². The standard InChI is InChI=1S/C12H14N2O8/c1-8(15)11(21-13(17)18)12(22-14(19)20)10(16)7-9-5-3-2-4-6-9/h2-6,8,11-12,15H,7H2,1H3/t8-,11-,12+/m0/s1. The van der Waals surface area contributed by atoms with E-state index in [0.717, 1.165) is 6.92 Å². The summed E-state index contributed by atoms with van der Waals surface area (Å²) in [6, 6.07) is 8.24. The predicted molar refractivity (Wildman–Crippen MR) is 70.6 cm³/mol. The Hall–Kier alpha value is -2.75. The highest BCUT2D eigenvalue weighted by Crippen LogP contribution is 2.14. The van der Waals surface area contributed by atoms with Crippen molar-refractivity contribution in [2.75, 3.05) is 0 Å². The Kier molecular flexibility index (Phi) is 6.20. The summed E-state index contributed by atoms with van der Waals surface area (Å²) in [6.07, 6.45) is -5.52. The maximum atomic E-state index is 12.1. The third-order valence-corrected chi connectivity index (χ3v) is 2.72. The fourth-order valence-corrected chi connectivity index (χ4v) is 1.79. The Morgan fingerprint density at radius 1 is 1.18 bits per heavy atom. The number of hydrogen-bond donors (Lipinski definition) is 1. The molecule has 0 aliphatic rings. The number of benzene rings is 1. The number of carbonyl (C=O) groups excluding carboxylic acids is 1. The number of ketones is 1. The summed E-state index contributed by atoms with van der Waals surface area (Å²) < 4.78 is 0. The normalized spacial score (nSPS) is 14.5. The van der Waals surface area contributed by atoms with Crippen molar-refractivity contribution >= 4 is 5.78 Å². The molecular weight excluding hydrogens is 300 g/mol. The van der Waals surface area contributed by atoms with Crippen LogP contribution in [0.15, 0.2) is 30.3 Å². The average molecular weight is 314 g/mol. The Morgan fingerprint density at radius 3 is 2.18 bits per heavy atom. The largest absolute Gasteiger partial charge is 0.391 e. The van der Waals surface area contributed by atoms with Crippen molar-refractivity contribution in [3.05, 3.63) is 56.1 Å². The summed E-state index contributed by atoms with van der Waals surface area (Å²) in [4.78, 5) is 41.4. The highest BCUT2D eigenvalue weighted by molar-refractivity contribution is 5.85. The zero-order chi connectivity index (χ0) is 16.7. The first kappa shape index (κ1) is 17.3. The van der Waals surface area contributed by atoms with Crippen LogP contribution in [0.25, 0.3) is 0 Å². The fraction of sp³-hybridized carbons (Fsp3) is 0.417. The van der Waals surface area contributed by atoms with Crippen molar-refractivity contribution in [3.63, 3.8) is 0 Å². The monoisotopic (exact) mass is 314 g/mol. The van der Waals surface area contributed by atoms with Crippen molar-refractivity contribution in [3.8, 4) is 0 Å². The Morgan fingerprint density at radius 2 is 1.73 bits per heavy atom. The zero-order valence-electron chi connectivity index (χ0n) is 11.5. The van der Waals surface area contributed by atoms with Gasteiger partial charge in [0.2, 0.25) is 0 Å². The number of aliphatic hydroxyl groups is 1. The van der Waals surface area contributed by atoms with E-state index in [4.69, 9.17) is 0 Å². The molecule has 10 nitrogen and oxygen atoms in total. The van der Waals surface area contributed by atoms with E-state index >= 15 is 0 Å². The van der Waals surface area contributed by atoms with Gasteiger partial charge >= 0.3 is 0 Å². The lowest BCUT2D eigenvalue weighted by Crippen LogP contribution is -2.47. The van der Waals surface area contributed by atoms with Crippen LogP contribution in [-0.2, 0) is 20.9 Å². The van der Waals surface area contributed by atoms with Crippen LogP contribution in [0.4, 0.5) is 0 Å². The molecule has 0 heterocycles. The van der Waals surface area contributed by atoms with E-state index in [1.165, 1.54) is 0 Å². The maximum Gasteiger partial charge on any atom is 0.295 e. The SMILES string of the molecule is C[C@H](O)[C@H](O[N+](=O)[O-])[C@H](O[N+](=O)[O-])C(=O)Cc1ccccc1. The minimum atomic E-state index is -1.92. The molecule has 0 saturated heterocycles. The van der Waals surface area contributed by atoms with Gasteiger partial charge in [-0.05, 0) is 12.5 Å². The van der Waals surface area contributed by atoms with Crippen molar-refractivity contribution in [2.45, 2.75) is 31.7 Å². The molecule has 0 unspecified atom stereocenters. The molecule has 0 aliphatic carbocycles. The molecule has 1 rings (SSSR count). The van der Waals surface area contributed by atoms with Crippen LogP contribution >= 0.6 is 0 Å². The van der Waals surface area contributed by atoms with Crippen LogP contribution in [0, 0.1) is 20.2 Å². The van der Waals surface area contributed by atoms with E-state index in [-0.39, 0.29) is 6.42 Å². The van der Waals surface area contributed by atoms with Gasteiger partial charge in [0.05, 0.1) is 6.10 Å². The molecule has 3 atom stereocenters. The average Bonchev–Trinajstić information content (AvgIpc) is 2.42. The first-order valence-corrected chi connectivity index (χ1v) is 6.18. The number of hydrogen-bond acceptors (Lipinski definition) is 8. The molecule has 0 aliphatic heterocycles. The summed E-state index contributed by atoms with van der Waals surface area (Å²) in [6.45, 7) is 1.10. The van der Waals surface area contributed by atoms with Crippen LogP contribution < -0.4 is 0 Å². The van der Waals surface area contributed by atoms with Crippen LogP contribution in [0.2, 0.25) is 0 Å². The van der Waals surface area contributed by atoms with Gasteiger partial charge in [0, 0.05) is 6.42 Å². The Balaban J connectivity index is 2.96. The van der Waals surface area contributed by atoms with E-state index in [0.29, 0.717) is 5.56 Å². The number of Topliss-reactive ketones (excluding diaryl/α,β-unsaturated/α-hetero) is 1. The van der Waals surface area contributed by atoms with Gasteiger partial charge < -0.3 is 14.8 Å². The van der Waals surface area contributed by atoms with E-state index in [9.17, 15) is 30.1 Å². The van der Waals surface area contributed by atoms with Gasteiger partial charge in [0.25, 0.3) is 10.2 Å². The summed E-state index contributed by atoms with van der Waals surface area (Å²) in [7, 11) is 0. The van der Waals surface area contributed by atoms with Crippen molar-refractivity contribution in [1.29, 1.82) is 0 Å². The van der Waals surface area contributed by atoms with Gasteiger partial charge in [-0.15, -0.1) is 20.2 Å². The molecule has 0 aromatic heterocycles. The first-order valence-electron chi connectivity index (χ1n) is 6.18. The lowest BCUT2D eigenvalue weighted by Gasteiger charge is -2.24. The minimum Gasteiger partial charge on any atom is -0.391 e. The Bertz CT molecular complexity index is 533. The van der Waals surface area contributed by atoms with Gasteiger partial charge in [-0.3, -0.25) is 4.79 Å². The molecule has 10 heteroatoms. The van der Waals surface area contributed by atoms with Crippen molar-refractivity contribution < 1.29 is 29.7 Å². The number of carbonyl (C=O) groups is 1. The van der Waals surface area contributed by atoms with Gasteiger partial charge in [-0.2, -0.15) is 0 Å². The van der Waals surface area contributed by atoms with Gasteiger partial charge in [-0.25, -0.2) is 0 Å². The molecule has 0 fully saturated rings. The minimum absolute atomic E-state index is 0.260. The molecule has 0 bridgehead atoms. The lowest BCUT2D eigenvalue weighted by atomic mass is 9.99. The summed E-state index contributed by atoms with van der Waals surface area (Å²) in [5.41, 5.74) is 0.537. The lowest BCUT2D eigenvalue weighted by molar-refractivity contribution is -0.797. The van der Waals surface area contributed by atoms with E-state index in [2.05, 4.69) is 9.68 Å². The molecule has 22 heavy (non-hydrogen) atoms. The summed E-state index contributed by atoms with van der Waals surface area (Å²) in [5.74, 6) is -0.823. The molecule has 1 N–H and O–H groups in total. The smallest absolute Gasteiger partial charge is 0.295 e. The molecule has 1 aromatic carbocycles. The molecule has 0 saturated carbocycles. The third kappa shape index (κ3) is 5.32. The quantitative estimate of drug-likeness (QED) is 0.507. The zero-order valence-corrected chi connectivity index (χ0v) is 11.5. The van der Waals surface area contributed by atoms with Gasteiger partial charge in [0.1, 0.15) is 0 Å². The van der Waals surface area contributed by atoms with Gasteiger partial charge in [-0.1, -0.05) is 30.3 Å². The van der Waals surface area contributed by atoms with Crippen LogP contribution in [0.3, 0.4) is 0 Å². The van der Waals surface area contributed by atoms with Crippen LogP contribution in [0.1, 0.15) is 12.5 Å². The van der Waals surface area contributed by atoms with E-state index in [1.54, 1.807) is 30.3 Å². The van der Waals surface area contributed by atoms with E-state index in [1.807, 2.05) is 0 Å². The molecule has 120 valence electrons. The second-order valence-corrected chi connectivity index (χ2v) is 4.41. The van der Waals surface area contributed by atoms with Crippen LogP contribution in [0.5, 0.6) is 0 Å². The number of aliphatic hydroxyl groups excluding tert-OH is 1. The summed E-state index contributed by atoms with van der Waals surface area (Å²) in [5, 5.41) is 27.9. The maximum absolute atomic E-state index is 12.1. The van der Waals surface area contributed by atoms with Crippen molar-refractivity contribution in [1.82, 2.24) is 0 Å². The molecule has 0 amide bonds. The highest BCUT2D eigenvalue weighted by Gasteiger charge is 2.37. The highest BCUT2D eigenvalue weighted by atomic mass is 17.0. The van der Waals surface area contributed by atoms with E-state index < -0.39 is 34.3 Å². The predicted octanol–water partition coefficient (Wildman–Crippen LogP) is 0.333. The number of nitrogens with zero attached hydrogens (tertiary/aromatic N) is 2. The molecule has 0 spiro atoms. The summed E-state index contributed by atoms with van der Waals surface area (Å²) >= 11 is 0. The molecule has 0 radical (unpaired) electrons. The Labute approximate surface area is 124 Å². The van der Waals surface area contributed by atoms with Gasteiger partial charge in [0.15, 0.2) is 18.0 Å². The van der Waals surface area contributed by atoms with Crippen LogP contribution in [-0.4, -0.2) is 39.4 Å².